The van der Waals surface area contributed by atoms with E-state index >= 15 is 0 Å². The zero-order chi connectivity index (χ0) is 14.8. The molecule has 0 unspecified atom stereocenters. The molecule has 0 saturated carbocycles. The number of aromatic nitrogens is 3. The summed E-state index contributed by atoms with van der Waals surface area (Å²) in [5.41, 5.74) is 4.81. The summed E-state index contributed by atoms with van der Waals surface area (Å²) in [4.78, 5) is 12.0. The van der Waals surface area contributed by atoms with Crippen LogP contribution in [0.2, 0.25) is 0 Å². The molecule has 2 heterocycles. The lowest BCUT2D eigenvalue weighted by atomic mass is 10.1. The minimum atomic E-state index is 0.282. The zero-order valence-corrected chi connectivity index (χ0v) is 12.7. The Kier molecular flexibility index (Phi) is 3.81. The van der Waals surface area contributed by atoms with E-state index < -0.39 is 0 Å². The van der Waals surface area contributed by atoms with E-state index in [1.807, 2.05) is 12.1 Å². The van der Waals surface area contributed by atoms with Crippen molar-refractivity contribution in [2.75, 3.05) is 5.43 Å². The van der Waals surface area contributed by atoms with E-state index in [0.717, 1.165) is 21.1 Å². The van der Waals surface area contributed by atoms with Gasteiger partial charge in [0.15, 0.2) is 0 Å². The summed E-state index contributed by atoms with van der Waals surface area (Å²) >= 11 is 1.60. The molecule has 4 N–H and O–H groups in total. The highest BCUT2D eigenvalue weighted by molar-refractivity contribution is 7.99. The van der Waals surface area contributed by atoms with Crippen molar-refractivity contribution >= 4 is 28.5 Å². The molecule has 0 fully saturated rings. The van der Waals surface area contributed by atoms with Crippen molar-refractivity contribution < 1.29 is 0 Å². The Hall–Kier alpha value is -2.05. The molecule has 3 rings (SSSR count). The van der Waals surface area contributed by atoms with Crippen LogP contribution >= 0.6 is 11.8 Å². The van der Waals surface area contributed by atoms with E-state index in [-0.39, 0.29) is 5.92 Å². The fraction of sp³-hybridized carbons (Fsp3) is 0.200. The van der Waals surface area contributed by atoms with Crippen LogP contribution in [0.1, 0.15) is 25.3 Å². The van der Waals surface area contributed by atoms with E-state index in [1.165, 1.54) is 11.7 Å². The standard InChI is InChI=1S/C15H17N5S/c1-9(2)13-14(20-16)17-8-18-15(13)21-12-7-10-5-3-4-6-11(10)19-12/h3-9,19H,16H2,1-2H3,(H,17,18,20). The largest absolute Gasteiger partial charge is 0.349 e. The van der Waals surface area contributed by atoms with Crippen LogP contribution in [-0.2, 0) is 0 Å². The molecule has 0 atom stereocenters. The number of para-hydroxylation sites is 1. The molecule has 0 amide bonds. The maximum Gasteiger partial charge on any atom is 0.147 e. The van der Waals surface area contributed by atoms with Crippen molar-refractivity contribution in [1.29, 1.82) is 0 Å². The highest BCUT2D eigenvalue weighted by atomic mass is 32.2. The molecule has 2 aromatic heterocycles. The summed E-state index contributed by atoms with van der Waals surface area (Å²) in [6.45, 7) is 4.21. The highest BCUT2D eigenvalue weighted by Crippen LogP contribution is 2.35. The number of hydrogen-bond acceptors (Lipinski definition) is 5. The third kappa shape index (κ3) is 2.72. The molecule has 6 heteroatoms. The predicted octanol–water partition coefficient (Wildman–Crippen LogP) is 3.52. The molecule has 0 radical (unpaired) electrons. The Morgan fingerprint density at radius 3 is 2.76 bits per heavy atom. The van der Waals surface area contributed by atoms with Crippen LogP contribution in [0.15, 0.2) is 46.7 Å². The van der Waals surface area contributed by atoms with E-state index in [1.54, 1.807) is 11.8 Å². The molecule has 1 aromatic carbocycles. The Morgan fingerprint density at radius 1 is 1.24 bits per heavy atom. The molecule has 108 valence electrons. The first-order chi connectivity index (χ1) is 10.2. The number of fused-ring (bicyclic) bond motifs is 1. The summed E-state index contributed by atoms with van der Waals surface area (Å²) in [5.74, 6) is 6.52. The van der Waals surface area contributed by atoms with Gasteiger partial charge in [0.25, 0.3) is 0 Å². The summed E-state index contributed by atoms with van der Waals surface area (Å²) < 4.78 is 0. The first-order valence-corrected chi connectivity index (χ1v) is 7.58. The molecule has 0 aliphatic carbocycles. The number of hydrogen-bond donors (Lipinski definition) is 3. The quantitative estimate of drug-likeness (QED) is 0.390. The SMILES string of the molecule is CC(C)c1c(NN)ncnc1Sc1cc2ccccc2[nH]1. The summed E-state index contributed by atoms with van der Waals surface area (Å²) in [7, 11) is 0. The minimum absolute atomic E-state index is 0.282. The van der Waals surface area contributed by atoms with Gasteiger partial charge in [0.1, 0.15) is 17.2 Å². The van der Waals surface area contributed by atoms with Gasteiger partial charge in [0.2, 0.25) is 0 Å². The second-order valence-electron chi connectivity index (χ2n) is 5.06. The van der Waals surface area contributed by atoms with Gasteiger partial charge in [-0.3, -0.25) is 0 Å². The lowest BCUT2D eigenvalue weighted by Crippen LogP contribution is -2.13. The number of rotatable bonds is 4. The third-order valence-corrected chi connectivity index (χ3v) is 4.23. The van der Waals surface area contributed by atoms with E-state index in [0.29, 0.717) is 5.82 Å². The van der Waals surface area contributed by atoms with Crippen molar-refractivity contribution in [3.05, 3.63) is 42.2 Å². The number of anilines is 1. The number of benzene rings is 1. The van der Waals surface area contributed by atoms with Gasteiger partial charge in [0, 0.05) is 16.5 Å². The van der Waals surface area contributed by atoms with Crippen LogP contribution in [0, 0.1) is 0 Å². The van der Waals surface area contributed by atoms with Crippen molar-refractivity contribution in [2.45, 2.75) is 29.8 Å². The molecule has 0 aliphatic heterocycles. The van der Waals surface area contributed by atoms with Crippen LogP contribution < -0.4 is 11.3 Å². The molecule has 5 nitrogen and oxygen atoms in total. The lowest BCUT2D eigenvalue weighted by molar-refractivity contribution is 0.803. The minimum Gasteiger partial charge on any atom is -0.349 e. The third-order valence-electron chi connectivity index (χ3n) is 3.27. The Morgan fingerprint density at radius 2 is 2.05 bits per heavy atom. The van der Waals surface area contributed by atoms with E-state index in [9.17, 15) is 0 Å². The Bertz CT molecular complexity index is 733. The fourth-order valence-corrected chi connectivity index (χ4v) is 3.40. The van der Waals surface area contributed by atoms with Crippen LogP contribution in [0.4, 0.5) is 5.82 Å². The van der Waals surface area contributed by atoms with Crippen molar-refractivity contribution in [3.8, 4) is 0 Å². The number of nitrogens with zero attached hydrogens (tertiary/aromatic N) is 2. The number of aromatic amines is 1. The summed E-state index contributed by atoms with van der Waals surface area (Å²) in [6, 6.07) is 10.3. The molecule has 21 heavy (non-hydrogen) atoms. The van der Waals surface area contributed by atoms with Gasteiger partial charge in [-0.1, -0.05) is 43.8 Å². The van der Waals surface area contributed by atoms with E-state index in [2.05, 4.69) is 52.4 Å². The molecule has 0 spiro atoms. The topological polar surface area (TPSA) is 79.6 Å². The maximum atomic E-state index is 5.55. The monoisotopic (exact) mass is 299 g/mol. The second kappa shape index (κ2) is 5.75. The van der Waals surface area contributed by atoms with Gasteiger partial charge in [-0.15, -0.1) is 0 Å². The molecular weight excluding hydrogens is 282 g/mol. The number of H-pyrrole nitrogens is 1. The predicted molar refractivity (Wildman–Crippen MR) is 86.4 cm³/mol. The highest BCUT2D eigenvalue weighted by Gasteiger charge is 2.16. The van der Waals surface area contributed by atoms with Gasteiger partial charge in [-0.2, -0.15) is 0 Å². The van der Waals surface area contributed by atoms with Crippen molar-refractivity contribution in [1.82, 2.24) is 15.0 Å². The molecule has 0 saturated heterocycles. The first-order valence-electron chi connectivity index (χ1n) is 6.76. The number of nitrogens with two attached hydrogens (primary N) is 1. The van der Waals surface area contributed by atoms with Crippen LogP contribution in [0.5, 0.6) is 0 Å². The van der Waals surface area contributed by atoms with Gasteiger partial charge < -0.3 is 10.4 Å². The average molecular weight is 299 g/mol. The molecule has 3 aromatic rings. The van der Waals surface area contributed by atoms with Crippen LogP contribution in [0.25, 0.3) is 10.9 Å². The van der Waals surface area contributed by atoms with E-state index in [4.69, 9.17) is 5.84 Å². The zero-order valence-electron chi connectivity index (χ0n) is 11.9. The van der Waals surface area contributed by atoms with Gasteiger partial charge in [0.05, 0.1) is 5.03 Å². The van der Waals surface area contributed by atoms with Gasteiger partial charge in [-0.05, 0) is 18.1 Å². The first kappa shape index (κ1) is 13.9. The number of nitrogens with one attached hydrogen (secondary N) is 2. The smallest absolute Gasteiger partial charge is 0.147 e. The van der Waals surface area contributed by atoms with Crippen LogP contribution in [-0.4, -0.2) is 15.0 Å². The number of hydrazine groups is 1. The fourth-order valence-electron chi connectivity index (χ4n) is 2.30. The maximum absolute atomic E-state index is 5.55. The van der Waals surface area contributed by atoms with Crippen molar-refractivity contribution in [2.24, 2.45) is 5.84 Å². The molecule has 0 aliphatic rings. The average Bonchev–Trinajstić information content (AvgIpc) is 2.88. The van der Waals surface area contributed by atoms with Crippen molar-refractivity contribution in [3.63, 3.8) is 0 Å². The summed E-state index contributed by atoms with van der Waals surface area (Å²) in [5, 5.41) is 3.16. The molecular formula is C15H17N5S. The van der Waals surface area contributed by atoms with Gasteiger partial charge in [-0.25, -0.2) is 15.8 Å². The normalized spacial score (nSPS) is 11.2. The lowest BCUT2D eigenvalue weighted by Gasteiger charge is -2.14. The molecule has 0 bridgehead atoms. The van der Waals surface area contributed by atoms with Crippen LogP contribution in [0.3, 0.4) is 0 Å². The Balaban J connectivity index is 2.01. The Labute approximate surface area is 127 Å². The number of nitrogen functional groups attached to an aromatic ring is 1. The second-order valence-corrected chi connectivity index (χ2v) is 6.09. The summed E-state index contributed by atoms with van der Waals surface area (Å²) in [6.07, 6.45) is 1.53. The van der Waals surface area contributed by atoms with Gasteiger partial charge >= 0.3 is 0 Å².